The van der Waals surface area contributed by atoms with Gasteiger partial charge in [0.2, 0.25) is 0 Å². The monoisotopic (exact) mass is 1910 g/mol. The van der Waals surface area contributed by atoms with E-state index >= 15 is 0 Å². The molecule has 0 fully saturated rings. The summed E-state index contributed by atoms with van der Waals surface area (Å²) in [5, 5.41) is 15.3. The highest BCUT2D eigenvalue weighted by Crippen LogP contribution is 2.52. The van der Waals surface area contributed by atoms with E-state index < -0.39 is 0 Å². The van der Waals surface area contributed by atoms with Gasteiger partial charge in [-0.2, -0.15) is 0 Å². The number of hydrogen-bond donors (Lipinski definition) is 0. The molecule has 0 saturated heterocycles. The van der Waals surface area contributed by atoms with Crippen molar-refractivity contribution in [3.05, 3.63) is 543 Å². The van der Waals surface area contributed by atoms with Gasteiger partial charge in [-0.25, -0.2) is 0 Å². The summed E-state index contributed by atoms with van der Waals surface area (Å²) in [5.74, 6) is 0.0373. The second-order valence-electron chi connectivity index (χ2n) is 42.1. The number of rotatable bonds is 15. The molecule has 6 aromatic heterocycles. The van der Waals surface area contributed by atoms with Crippen LogP contribution in [0.5, 0.6) is 0 Å². The van der Waals surface area contributed by atoms with Crippen molar-refractivity contribution in [2.45, 2.75) is 65.7 Å². The van der Waals surface area contributed by atoms with Crippen molar-refractivity contribution in [2.24, 2.45) is 5.41 Å². The minimum absolute atomic E-state index is 0.0373. The lowest BCUT2D eigenvalue weighted by molar-refractivity contribution is 0.411. The van der Waals surface area contributed by atoms with E-state index in [-0.39, 0.29) is 16.7 Å². The van der Waals surface area contributed by atoms with Crippen LogP contribution in [0.15, 0.2) is 516 Å². The molecular formula is C143H108N6. The molecule has 0 radical (unpaired) electrons. The summed E-state index contributed by atoms with van der Waals surface area (Å²) in [4.78, 5) is 0. The second kappa shape index (κ2) is 36.4. The molecule has 1 aliphatic carbocycles. The fraction of sp³-hybridized carbons (Fsp3) is 0.0769. The Morgan fingerprint density at radius 3 is 0.812 bits per heavy atom. The molecule has 0 spiro atoms. The van der Waals surface area contributed by atoms with E-state index in [9.17, 15) is 0 Å². The first kappa shape index (κ1) is 89.5. The minimum Gasteiger partial charge on any atom is -0.309 e. The second-order valence-corrected chi connectivity index (χ2v) is 42.1. The molecule has 0 saturated carbocycles. The molecule has 710 valence electrons. The van der Waals surface area contributed by atoms with E-state index in [1.807, 2.05) is 0 Å². The van der Waals surface area contributed by atoms with E-state index in [2.05, 4.69) is 585 Å². The summed E-state index contributed by atoms with van der Waals surface area (Å²) >= 11 is 0. The maximum Gasteiger partial charge on any atom is 0.0541 e. The van der Waals surface area contributed by atoms with Crippen molar-refractivity contribution >= 4 is 131 Å². The summed E-state index contributed by atoms with van der Waals surface area (Å²) in [7, 11) is 0. The molecule has 0 N–H and O–H groups in total. The third-order valence-electron chi connectivity index (χ3n) is 31.4. The Morgan fingerprint density at radius 2 is 0.450 bits per heavy atom. The van der Waals surface area contributed by atoms with E-state index in [0.29, 0.717) is 0 Å². The lowest BCUT2D eigenvalue weighted by Crippen LogP contribution is -2.15. The van der Waals surface area contributed by atoms with Gasteiger partial charge in [0.25, 0.3) is 0 Å². The molecule has 29 rings (SSSR count). The summed E-state index contributed by atoms with van der Waals surface area (Å²) in [6.07, 6.45) is 2.16. The van der Waals surface area contributed by atoms with Crippen LogP contribution < -0.4 is 0 Å². The van der Waals surface area contributed by atoms with Gasteiger partial charge >= 0.3 is 0 Å². The number of hydrogen-bond acceptors (Lipinski definition) is 0. The van der Waals surface area contributed by atoms with Gasteiger partial charge in [-0.05, 0) is 288 Å². The number of nitrogens with zero attached hydrogens (tertiary/aromatic N) is 6. The quantitative estimate of drug-likeness (QED) is 0.0979. The highest BCUT2D eigenvalue weighted by molar-refractivity contribution is 6.16. The van der Waals surface area contributed by atoms with Crippen LogP contribution in [0.1, 0.15) is 81.7 Å². The zero-order valence-electron chi connectivity index (χ0n) is 84.2. The predicted molar refractivity (Wildman–Crippen MR) is 632 cm³/mol. The molecule has 1 atom stereocenters. The van der Waals surface area contributed by atoms with Crippen molar-refractivity contribution < 1.29 is 0 Å². The lowest BCUT2D eigenvalue weighted by Gasteiger charge is -2.23. The normalized spacial score (nSPS) is 12.6. The largest absolute Gasteiger partial charge is 0.309 e. The van der Waals surface area contributed by atoms with Crippen LogP contribution in [0.2, 0.25) is 0 Å². The van der Waals surface area contributed by atoms with Crippen molar-refractivity contribution in [1.82, 2.24) is 27.4 Å². The Hall–Kier alpha value is -18.4. The van der Waals surface area contributed by atoms with Crippen LogP contribution in [-0.4, -0.2) is 27.4 Å². The zero-order valence-corrected chi connectivity index (χ0v) is 84.2. The molecule has 6 nitrogen and oxygen atoms in total. The highest BCUT2D eigenvalue weighted by Gasteiger charge is 2.33. The predicted octanol–water partition coefficient (Wildman–Crippen LogP) is 38.4. The SMILES string of the molecule is CC(C)(C)Cc1ccc2c(c1)c1ccccc1n2-c1cccc(-c2cccc(-n3c4ccccc4c4ccccc43)c2)c1.CCC(C)(C)c1ccc2c(c1)c1ccccc1n2-c1cccc(-c2cccc(-n3c4ccccc4c4ccccc43)c2)c1.c1ccc(-c2ccc3c(c2)-c2ccccc2C3c2cc(-n3c4ccccc4c4cc(-c5ccccc5)ccc43)cc(-n3c4ccccc4c4cc(-c5ccccc5)ccc43)c2)cc1. The molecule has 28 aromatic rings. The van der Waals surface area contributed by atoms with Gasteiger partial charge in [-0.15, -0.1) is 0 Å². The Balaban J connectivity index is 0.000000113. The van der Waals surface area contributed by atoms with Gasteiger partial charge in [0.05, 0.1) is 66.2 Å². The van der Waals surface area contributed by atoms with Gasteiger partial charge in [0.1, 0.15) is 0 Å². The van der Waals surface area contributed by atoms with Gasteiger partial charge in [-0.3, -0.25) is 0 Å². The minimum atomic E-state index is 0.0373. The Bertz CT molecular complexity index is 9860. The number of aromatic nitrogens is 6. The average molecular weight is 1910 g/mol. The molecule has 1 unspecified atom stereocenters. The third kappa shape index (κ3) is 15.6. The van der Waals surface area contributed by atoms with Crippen LogP contribution in [0.3, 0.4) is 0 Å². The topological polar surface area (TPSA) is 29.6 Å². The van der Waals surface area contributed by atoms with Gasteiger partial charge in [0, 0.05) is 105 Å². The molecule has 1 aliphatic rings. The van der Waals surface area contributed by atoms with E-state index in [4.69, 9.17) is 0 Å². The first-order valence-corrected chi connectivity index (χ1v) is 52.3. The fourth-order valence-corrected chi connectivity index (χ4v) is 24.1. The Morgan fingerprint density at radius 1 is 0.181 bits per heavy atom. The molecule has 149 heavy (non-hydrogen) atoms. The van der Waals surface area contributed by atoms with Crippen molar-refractivity contribution in [3.8, 4) is 101 Å². The number of fused-ring (bicyclic) bond motifs is 21. The lowest BCUT2D eigenvalue weighted by atomic mass is 9.82. The summed E-state index contributed by atoms with van der Waals surface area (Å²) < 4.78 is 14.6. The average Bonchev–Trinajstić information content (AvgIpc) is 1.54. The maximum atomic E-state index is 2.49. The van der Waals surface area contributed by atoms with Crippen molar-refractivity contribution in [3.63, 3.8) is 0 Å². The van der Waals surface area contributed by atoms with Crippen LogP contribution in [0, 0.1) is 5.41 Å². The fourth-order valence-electron chi connectivity index (χ4n) is 24.1. The van der Waals surface area contributed by atoms with Crippen molar-refractivity contribution in [1.29, 1.82) is 0 Å². The molecule has 0 amide bonds. The smallest absolute Gasteiger partial charge is 0.0541 e. The van der Waals surface area contributed by atoms with Crippen LogP contribution >= 0.6 is 0 Å². The molecule has 6 heterocycles. The van der Waals surface area contributed by atoms with Crippen molar-refractivity contribution in [2.75, 3.05) is 0 Å². The molecule has 0 bridgehead atoms. The highest BCUT2D eigenvalue weighted by atomic mass is 15.0. The van der Waals surface area contributed by atoms with Gasteiger partial charge in [-0.1, -0.05) is 387 Å². The van der Waals surface area contributed by atoms with Gasteiger partial charge < -0.3 is 27.4 Å². The summed E-state index contributed by atoms with van der Waals surface area (Å²) in [6.45, 7) is 13.9. The van der Waals surface area contributed by atoms with Crippen LogP contribution in [-0.2, 0) is 11.8 Å². The first-order chi connectivity index (χ1) is 73.2. The summed E-state index contributed by atoms with van der Waals surface area (Å²) in [5.41, 5.74) is 43.5. The number of para-hydroxylation sites is 8. The van der Waals surface area contributed by atoms with Crippen LogP contribution in [0.4, 0.5) is 0 Å². The molecule has 0 aliphatic heterocycles. The molecule has 6 heteroatoms. The van der Waals surface area contributed by atoms with Crippen LogP contribution in [0.25, 0.3) is 232 Å². The first-order valence-electron chi connectivity index (χ1n) is 52.3. The van der Waals surface area contributed by atoms with E-state index in [1.54, 1.807) is 0 Å². The standard InChI is InChI=1S/C61H40N2.2C41H34N2/c1-4-16-40(17-5-1)43-28-31-53-54(36-43)49-22-10-11-25-52(49)61(53)46-34-47(62-57-26-14-12-23-50(57)55-37-44(29-32-59(55)62)41-18-6-2-7-19-41)39-48(35-46)63-58-27-15-13-24-51(58)56-38-45(30-33-60(56)63)42-20-8-3-9-21-42;1-41(2,3)27-28-22-23-40-36(24-28)35-18-6-9-21-39(35)43(40)32-15-11-13-30(26-32)29-12-10-14-31(25-29)42-37-19-7-4-16-33(37)34-17-5-8-20-38(34)42;1-4-41(2,3)30-23-24-40-36(27-30)35-19-7-10-22-39(35)43(40)32-16-12-14-29(26-32)28-13-11-15-31(25-28)42-37-20-8-5-17-33(37)34-18-6-9-21-38(34)42/h1-39,61H;4-26H,27H2,1-3H3;5-27H,4H2,1-3H3. The number of benzene rings is 22. The Labute approximate surface area is 867 Å². The zero-order chi connectivity index (χ0) is 99.7. The summed E-state index contributed by atoms with van der Waals surface area (Å²) in [6, 6.07) is 190. The van der Waals surface area contributed by atoms with Gasteiger partial charge in [0.15, 0.2) is 0 Å². The third-order valence-corrected chi connectivity index (χ3v) is 31.4. The maximum absolute atomic E-state index is 2.49. The Kier molecular flexibility index (Phi) is 21.9. The molecular weight excluding hydrogens is 1800 g/mol. The van der Waals surface area contributed by atoms with E-state index in [1.165, 1.54) is 248 Å². The van der Waals surface area contributed by atoms with E-state index in [0.717, 1.165) is 24.2 Å². The molecule has 22 aromatic carbocycles.